The van der Waals surface area contributed by atoms with E-state index in [9.17, 15) is 13.2 Å². The molecule has 0 aromatic rings. The lowest BCUT2D eigenvalue weighted by Gasteiger charge is -2.25. The van der Waals surface area contributed by atoms with Crippen LogP contribution in [-0.2, 0) is 0 Å². The van der Waals surface area contributed by atoms with Crippen LogP contribution in [0.4, 0.5) is 13.2 Å². The molecular weight excluding hydrogens is 215 g/mol. The van der Waals surface area contributed by atoms with Crippen molar-refractivity contribution >= 4 is 0 Å². The van der Waals surface area contributed by atoms with Crippen molar-refractivity contribution < 1.29 is 13.2 Å². The van der Waals surface area contributed by atoms with Crippen LogP contribution in [0.2, 0.25) is 0 Å². The first kappa shape index (κ1) is 15.8. The van der Waals surface area contributed by atoms with E-state index in [-0.39, 0.29) is 12.3 Å². The van der Waals surface area contributed by atoms with Gasteiger partial charge in [-0.1, -0.05) is 46.5 Å². The highest BCUT2D eigenvalue weighted by molar-refractivity contribution is 4.77. The summed E-state index contributed by atoms with van der Waals surface area (Å²) in [7, 11) is 0. The minimum absolute atomic E-state index is 0.186. The van der Waals surface area contributed by atoms with Gasteiger partial charge in [-0.25, -0.2) is 0 Å². The molecule has 0 aromatic heterocycles. The van der Waals surface area contributed by atoms with Crippen LogP contribution in [0.15, 0.2) is 0 Å². The maximum atomic E-state index is 12.7. The van der Waals surface area contributed by atoms with E-state index in [1.54, 1.807) is 6.92 Å². The fourth-order valence-electron chi connectivity index (χ4n) is 1.89. The topological polar surface area (TPSA) is 12.0 Å². The second-order valence-corrected chi connectivity index (χ2v) is 4.30. The van der Waals surface area contributed by atoms with E-state index < -0.39 is 12.2 Å². The number of hydrogen-bond donors (Lipinski definition) is 1. The molecule has 0 spiro atoms. The SMILES string of the molecule is CCCCC(CC)CC(NCC)C(F)(F)F. The normalized spacial score (nSPS) is 16.1. The lowest BCUT2D eigenvalue weighted by Crippen LogP contribution is -2.43. The number of alkyl halides is 3. The molecular formula is C12H24F3N. The van der Waals surface area contributed by atoms with Crippen molar-refractivity contribution in [2.75, 3.05) is 6.54 Å². The number of nitrogens with one attached hydrogen (secondary N) is 1. The zero-order valence-corrected chi connectivity index (χ0v) is 10.5. The molecule has 0 radical (unpaired) electrons. The third-order valence-electron chi connectivity index (χ3n) is 2.96. The largest absolute Gasteiger partial charge is 0.403 e. The molecule has 0 saturated heterocycles. The minimum atomic E-state index is -4.12. The predicted octanol–water partition coefficient (Wildman–Crippen LogP) is 4.13. The Bertz CT molecular complexity index is 168. The molecule has 0 amide bonds. The summed E-state index contributed by atoms with van der Waals surface area (Å²) < 4.78 is 38.0. The highest BCUT2D eigenvalue weighted by atomic mass is 19.4. The average Bonchev–Trinajstić information content (AvgIpc) is 2.21. The Morgan fingerprint density at radius 3 is 2.12 bits per heavy atom. The molecule has 0 rings (SSSR count). The van der Waals surface area contributed by atoms with Crippen molar-refractivity contribution in [2.45, 2.75) is 65.1 Å². The highest BCUT2D eigenvalue weighted by Crippen LogP contribution is 2.28. The monoisotopic (exact) mass is 239 g/mol. The summed E-state index contributed by atoms with van der Waals surface area (Å²) in [4.78, 5) is 0. The molecule has 4 heteroatoms. The van der Waals surface area contributed by atoms with Crippen LogP contribution in [0.3, 0.4) is 0 Å². The van der Waals surface area contributed by atoms with Crippen molar-refractivity contribution in [1.82, 2.24) is 5.32 Å². The maximum absolute atomic E-state index is 12.7. The molecule has 0 heterocycles. The van der Waals surface area contributed by atoms with Gasteiger partial charge in [-0.3, -0.25) is 0 Å². The number of halogens is 3. The van der Waals surface area contributed by atoms with Gasteiger partial charge in [0.1, 0.15) is 6.04 Å². The Morgan fingerprint density at radius 2 is 1.75 bits per heavy atom. The maximum Gasteiger partial charge on any atom is 0.403 e. The molecule has 0 saturated carbocycles. The third-order valence-corrected chi connectivity index (χ3v) is 2.96. The van der Waals surface area contributed by atoms with Gasteiger partial charge in [0, 0.05) is 0 Å². The Labute approximate surface area is 96.8 Å². The molecule has 0 aliphatic carbocycles. The molecule has 2 atom stereocenters. The first-order valence-corrected chi connectivity index (χ1v) is 6.25. The lowest BCUT2D eigenvalue weighted by molar-refractivity contribution is -0.159. The summed E-state index contributed by atoms with van der Waals surface area (Å²) in [5.41, 5.74) is 0. The van der Waals surface area contributed by atoms with Crippen molar-refractivity contribution in [3.8, 4) is 0 Å². The molecule has 0 aliphatic heterocycles. The van der Waals surface area contributed by atoms with Gasteiger partial charge < -0.3 is 5.32 Å². The fourth-order valence-corrected chi connectivity index (χ4v) is 1.89. The van der Waals surface area contributed by atoms with Crippen LogP contribution in [-0.4, -0.2) is 18.8 Å². The quantitative estimate of drug-likeness (QED) is 0.671. The van der Waals surface area contributed by atoms with Crippen molar-refractivity contribution in [1.29, 1.82) is 0 Å². The Kier molecular flexibility index (Phi) is 7.81. The summed E-state index contributed by atoms with van der Waals surface area (Å²) in [5.74, 6) is 0.186. The van der Waals surface area contributed by atoms with E-state index in [2.05, 4.69) is 12.2 Å². The van der Waals surface area contributed by atoms with Gasteiger partial charge in [-0.15, -0.1) is 0 Å². The first-order valence-electron chi connectivity index (χ1n) is 6.25. The van der Waals surface area contributed by atoms with Crippen LogP contribution in [0.25, 0.3) is 0 Å². The van der Waals surface area contributed by atoms with Gasteiger partial charge in [0.2, 0.25) is 0 Å². The van der Waals surface area contributed by atoms with Crippen LogP contribution in [0.1, 0.15) is 52.9 Å². The van der Waals surface area contributed by atoms with Gasteiger partial charge in [0.05, 0.1) is 0 Å². The van der Waals surface area contributed by atoms with Gasteiger partial charge >= 0.3 is 6.18 Å². The fraction of sp³-hybridized carbons (Fsp3) is 1.00. The van der Waals surface area contributed by atoms with Crippen LogP contribution >= 0.6 is 0 Å². The van der Waals surface area contributed by atoms with E-state index in [1.165, 1.54) is 0 Å². The molecule has 1 nitrogen and oxygen atoms in total. The molecule has 1 N–H and O–H groups in total. The van der Waals surface area contributed by atoms with Crippen molar-refractivity contribution in [2.24, 2.45) is 5.92 Å². The van der Waals surface area contributed by atoms with Crippen LogP contribution in [0.5, 0.6) is 0 Å². The molecule has 2 unspecified atom stereocenters. The van der Waals surface area contributed by atoms with Crippen LogP contribution in [0, 0.1) is 5.92 Å². The highest BCUT2D eigenvalue weighted by Gasteiger charge is 2.39. The molecule has 0 aliphatic rings. The standard InChI is InChI=1S/C12H24F3N/c1-4-7-8-10(5-2)9-11(16-6-3)12(13,14)15/h10-11,16H,4-9H2,1-3H3. The van der Waals surface area contributed by atoms with Crippen LogP contribution < -0.4 is 5.32 Å². The van der Waals surface area contributed by atoms with E-state index in [1.807, 2.05) is 6.92 Å². The van der Waals surface area contributed by atoms with E-state index in [0.29, 0.717) is 6.54 Å². The Balaban J connectivity index is 4.23. The van der Waals surface area contributed by atoms with E-state index >= 15 is 0 Å². The van der Waals surface area contributed by atoms with Gasteiger partial charge in [-0.2, -0.15) is 13.2 Å². The van der Waals surface area contributed by atoms with Gasteiger partial charge in [0.25, 0.3) is 0 Å². The summed E-state index contributed by atoms with van der Waals surface area (Å²) in [6.07, 6.45) is -0.0873. The second-order valence-electron chi connectivity index (χ2n) is 4.30. The Hall–Kier alpha value is -0.250. The summed E-state index contributed by atoms with van der Waals surface area (Å²) >= 11 is 0. The zero-order chi connectivity index (χ0) is 12.6. The van der Waals surface area contributed by atoms with Crippen molar-refractivity contribution in [3.05, 3.63) is 0 Å². The second kappa shape index (κ2) is 7.93. The first-order chi connectivity index (χ1) is 7.45. The Morgan fingerprint density at radius 1 is 1.12 bits per heavy atom. The minimum Gasteiger partial charge on any atom is -0.306 e. The predicted molar refractivity (Wildman–Crippen MR) is 61.4 cm³/mol. The van der Waals surface area contributed by atoms with Crippen molar-refractivity contribution in [3.63, 3.8) is 0 Å². The molecule has 0 aromatic carbocycles. The molecule has 98 valence electrons. The van der Waals surface area contributed by atoms with E-state index in [0.717, 1.165) is 25.7 Å². The number of rotatable bonds is 8. The zero-order valence-electron chi connectivity index (χ0n) is 10.5. The van der Waals surface area contributed by atoms with E-state index in [4.69, 9.17) is 0 Å². The number of unbranched alkanes of at least 4 members (excludes halogenated alkanes) is 1. The summed E-state index contributed by atoms with van der Waals surface area (Å²) in [6, 6.07) is -1.33. The summed E-state index contributed by atoms with van der Waals surface area (Å²) in [6.45, 7) is 6.12. The smallest absolute Gasteiger partial charge is 0.306 e. The molecule has 16 heavy (non-hydrogen) atoms. The van der Waals surface area contributed by atoms with Gasteiger partial charge in [0.15, 0.2) is 0 Å². The summed E-state index contributed by atoms with van der Waals surface area (Å²) in [5, 5.41) is 2.54. The third kappa shape index (κ3) is 6.36. The van der Waals surface area contributed by atoms with Gasteiger partial charge in [-0.05, 0) is 18.9 Å². The number of hydrogen-bond acceptors (Lipinski definition) is 1. The molecule has 0 bridgehead atoms. The lowest BCUT2D eigenvalue weighted by atomic mass is 9.92. The average molecular weight is 239 g/mol. The molecule has 0 fully saturated rings.